The fraction of sp³-hybridized carbons (Fsp3) is 0.333. The number of benzene rings is 2. The highest BCUT2D eigenvalue weighted by Crippen LogP contribution is 2.38. The Morgan fingerprint density at radius 3 is 2.38 bits per heavy atom. The van der Waals surface area contributed by atoms with Crippen molar-refractivity contribution in [3.05, 3.63) is 65.7 Å². The van der Waals surface area contributed by atoms with E-state index in [0.717, 1.165) is 23.3 Å². The summed E-state index contributed by atoms with van der Waals surface area (Å²) in [7, 11) is 0. The Labute approximate surface area is 131 Å². The molecule has 0 saturated carbocycles. The molecule has 1 unspecified atom stereocenters. The van der Waals surface area contributed by atoms with E-state index in [-0.39, 0.29) is 0 Å². The average molecular weight is 305 g/mol. The molecule has 2 rings (SSSR count). The summed E-state index contributed by atoms with van der Waals surface area (Å²) in [5.74, 6) is 1.09. The van der Waals surface area contributed by atoms with Gasteiger partial charge in [0.25, 0.3) is 0 Å². The summed E-state index contributed by atoms with van der Waals surface area (Å²) < 4.78 is 5.80. The maximum absolute atomic E-state index is 11.3. The van der Waals surface area contributed by atoms with Crippen LogP contribution in [-0.2, 0) is 5.60 Å². The molecule has 0 bridgehead atoms. The van der Waals surface area contributed by atoms with E-state index in [2.05, 4.69) is 6.92 Å². The first kappa shape index (κ1) is 15.9. The molecule has 2 nitrogen and oxygen atoms in total. The third-order valence-corrected chi connectivity index (χ3v) is 3.69. The summed E-state index contributed by atoms with van der Waals surface area (Å²) in [6.45, 7) is 2.69. The number of para-hydroxylation sites is 1. The summed E-state index contributed by atoms with van der Waals surface area (Å²) in [5, 5.41) is 11.3. The standard InChI is InChI=1S/C18H21ClO2/c1-2-14-21-17-11-7-6-10-16(17)18(20,12-13-19)15-8-4-3-5-9-15/h3-11,20H,2,12-14H2,1H3. The summed E-state index contributed by atoms with van der Waals surface area (Å²) in [5.41, 5.74) is 0.469. The second kappa shape index (κ2) is 7.48. The second-order valence-corrected chi connectivity index (χ2v) is 5.39. The van der Waals surface area contributed by atoms with Crippen LogP contribution in [0.5, 0.6) is 5.75 Å². The summed E-state index contributed by atoms with van der Waals surface area (Å²) in [6, 6.07) is 17.2. The zero-order chi connectivity index (χ0) is 15.1. The Morgan fingerprint density at radius 2 is 1.71 bits per heavy atom. The van der Waals surface area contributed by atoms with Crippen molar-refractivity contribution in [2.75, 3.05) is 12.5 Å². The molecule has 0 aromatic heterocycles. The summed E-state index contributed by atoms with van der Waals surface area (Å²) >= 11 is 5.94. The molecule has 21 heavy (non-hydrogen) atoms. The smallest absolute Gasteiger partial charge is 0.125 e. The number of aliphatic hydroxyl groups is 1. The SMILES string of the molecule is CCCOc1ccccc1C(O)(CCCl)c1ccccc1. The molecule has 0 amide bonds. The largest absolute Gasteiger partial charge is 0.493 e. The molecule has 0 aliphatic rings. The maximum atomic E-state index is 11.3. The molecule has 0 radical (unpaired) electrons. The van der Waals surface area contributed by atoms with Crippen LogP contribution in [0.15, 0.2) is 54.6 Å². The number of rotatable bonds is 7. The van der Waals surface area contributed by atoms with Crippen LogP contribution in [0.3, 0.4) is 0 Å². The van der Waals surface area contributed by atoms with Crippen LogP contribution in [0, 0.1) is 0 Å². The topological polar surface area (TPSA) is 29.5 Å². The quantitative estimate of drug-likeness (QED) is 0.771. The van der Waals surface area contributed by atoms with E-state index in [1.807, 2.05) is 54.6 Å². The van der Waals surface area contributed by atoms with Crippen molar-refractivity contribution >= 4 is 11.6 Å². The molecule has 112 valence electrons. The molecule has 2 aromatic rings. The number of ether oxygens (including phenoxy) is 1. The lowest BCUT2D eigenvalue weighted by atomic mass is 9.83. The van der Waals surface area contributed by atoms with Crippen molar-refractivity contribution in [2.45, 2.75) is 25.4 Å². The lowest BCUT2D eigenvalue weighted by molar-refractivity contribution is 0.0737. The van der Waals surface area contributed by atoms with Gasteiger partial charge in [-0.15, -0.1) is 11.6 Å². The van der Waals surface area contributed by atoms with Gasteiger partial charge in [-0.1, -0.05) is 55.5 Å². The van der Waals surface area contributed by atoms with Crippen LogP contribution in [0.4, 0.5) is 0 Å². The first-order valence-electron chi connectivity index (χ1n) is 7.28. The van der Waals surface area contributed by atoms with E-state index in [1.54, 1.807) is 0 Å². The third kappa shape index (κ3) is 3.58. The Bertz CT molecular complexity index is 556. The summed E-state index contributed by atoms with van der Waals surface area (Å²) in [4.78, 5) is 0. The van der Waals surface area contributed by atoms with Gasteiger partial charge >= 0.3 is 0 Å². The minimum Gasteiger partial charge on any atom is -0.493 e. The highest BCUT2D eigenvalue weighted by Gasteiger charge is 2.33. The van der Waals surface area contributed by atoms with Gasteiger partial charge in [0.1, 0.15) is 11.4 Å². The Kier molecular flexibility index (Phi) is 5.66. The zero-order valence-electron chi connectivity index (χ0n) is 12.3. The van der Waals surface area contributed by atoms with Crippen molar-refractivity contribution in [2.24, 2.45) is 0 Å². The highest BCUT2D eigenvalue weighted by atomic mass is 35.5. The number of hydrogen-bond donors (Lipinski definition) is 1. The molecule has 3 heteroatoms. The van der Waals surface area contributed by atoms with E-state index in [4.69, 9.17) is 16.3 Å². The van der Waals surface area contributed by atoms with Crippen molar-refractivity contribution in [3.8, 4) is 5.75 Å². The van der Waals surface area contributed by atoms with Crippen LogP contribution in [0.25, 0.3) is 0 Å². The first-order chi connectivity index (χ1) is 10.2. The Balaban J connectivity index is 2.48. The van der Waals surface area contributed by atoms with Crippen LogP contribution >= 0.6 is 11.6 Å². The molecule has 0 spiro atoms. The second-order valence-electron chi connectivity index (χ2n) is 5.01. The number of hydrogen-bond acceptors (Lipinski definition) is 2. The maximum Gasteiger partial charge on any atom is 0.125 e. The molecule has 0 aliphatic carbocycles. The molecule has 1 atom stereocenters. The van der Waals surface area contributed by atoms with Crippen molar-refractivity contribution in [1.82, 2.24) is 0 Å². The van der Waals surface area contributed by atoms with Gasteiger partial charge in [0, 0.05) is 11.4 Å². The fourth-order valence-electron chi connectivity index (χ4n) is 2.43. The van der Waals surface area contributed by atoms with Gasteiger partial charge in [-0.2, -0.15) is 0 Å². The normalized spacial score (nSPS) is 13.7. The van der Waals surface area contributed by atoms with Gasteiger partial charge in [0.05, 0.1) is 6.61 Å². The fourth-order valence-corrected chi connectivity index (χ4v) is 2.70. The van der Waals surface area contributed by atoms with E-state index >= 15 is 0 Å². The lowest BCUT2D eigenvalue weighted by Crippen LogP contribution is -2.28. The zero-order valence-corrected chi connectivity index (χ0v) is 13.0. The predicted molar refractivity (Wildman–Crippen MR) is 87.0 cm³/mol. The lowest BCUT2D eigenvalue weighted by Gasteiger charge is -2.30. The van der Waals surface area contributed by atoms with Gasteiger partial charge in [-0.05, 0) is 24.5 Å². The van der Waals surface area contributed by atoms with Crippen LogP contribution in [0.1, 0.15) is 30.9 Å². The summed E-state index contributed by atoms with van der Waals surface area (Å²) in [6.07, 6.45) is 1.36. The molecule has 1 N–H and O–H groups in total. The van der Waals surface area contributed by atoms with Crippen molar-refractivity contribution in [1.29, 1.82) is 0 Å². The van der Waals surface area contributed by atoms with Gasteiger partial charge in [0.2, 0.25) is 0 Å². The monoisotopic (exact) mass is 304 g/mol. The molecule has 0 aliphatic heterocycles. The minimum absolute atomic E-state index is 0.369. The van der Waals surface area contributed by atoms with Crippen LogP contribution in [0.2, 0.25) is 0 Å². The van der Waals surface area contributed by atoms with Crippen molar-refractivity contribution < 1.29 is 9.84 Å². The molecule has 0 saturated heterocycles. The van der Waals surface area contributed by atoms with E-state index in [1.165, 1.54) is 0 Å². The van der Waals surface area contributed by atoms with Gasteiger partial charge in [-0.3, -0.25) is 0 Å². The molecular weight excluding hydrogens is 284 g/mol. The average Bonchev–Trinajstić information content (AvgIpc) is 2.54. The molecule has 0 fully saturated rings. The molecule has 2 aromatic carbocycles. The Morgan fingerprint density at radius 1 is 1.05 bits per heavy atom. The number of halogens is 1. The van der Waals surface area contributed by atoms with Gasteiger partial charge < -0.3 is 9.84 Å². The number of alkyl halides is 1. The van der Waals surface area contributed by atoms with E-state index in [0.29, 0.717) is 18.9 Å². The van der Waals surface area contributed by atoms with Gasteiger partial charge in [0.15, 0.2) is 0 Å². The van der Waals surface area contributed by atoms with Gasteiger partial charge in [-0.25, -0.2) is 0 Å². The molecule has 0 heterocycles. The van der Waals surface area contributed by atoms with Crippen LogP contribution < -0.4 is 4.74 Å². The van der Waals surface area contributed by atoms with E-state index < -0.39 is 5.60 Å². The molecular formula is C18H21ClO2. The minimum atomic E-state index is -1.13. The van der Waals surface area contributed by atoms with Crippen molar-refractivity contribution in [3.63, 3.8) is 0 Å². The van der Waals surface area contributed by atoms with E-state index in [9.17, 15) is 5.11 Å². The van der Waals surface area contributed by atoms with Crippen LogP contribution in [-0.4, -0.2) is 17.6 Å². The first-order valence-corrected chi connectivity index (χ1v) is 7.82. The predicted octanol–water partition coefficient (Wildman–Crippen LogP) is 4.34. The highest BCUT2D eigenvalue weighted by molar-refractivity contribution is 6.17. The third-order valence-electron chi connectivity index (χ3n) is 3.50. The Hall–Kier alpha value is -1.51.